The molecule has 0 aliphatic carbocycles. The zero-order chi connectivity index (χ0) is 18.3. The van der Waals surface area contributed by atoms with Gasteiger partial charge in [0, 0.05) is 11.2 Å². The quantitative estimate of drug-likeness (QED) is 0.787. The second-order valence-corrected chi connectivity index (χ2v) is 5.94. The Morgan fingerprint density at radius 1 is 1.12 bits per heavy atom. The lowest BCUT2D eigenvalue weighted by Crippen LogP contribution is -2.36. The molecule has 2 aromatic rings. The van der Waals surface area contributed by atoms with Gasteiger partial charge >= 0.3 is 12.1 Å². The molecule has 25 heavy (non-hydrogen) atoms. The summed E-state index contributed by atoms with van der Waals surface area (Å²) in [4.78, 5) is 23.4. The fourth-order valence-electron chi connectivity index (χ4n) is 2.30. The summed E-state index contributed by atoms with van der Waals surface area (Å²) in [5.41, 5.74) is 7.45. The molecule has 1 amide bonds. The number of benzene rings is 2. The minimum Gasteiger partial charge on any atom is -0.469 e. The Morgan fingerprint density at radius 2 is 1.84 bits per heavy atom. The number of rotatable bonds is 6. The van der Waals surface area contributed by atoms with Gasteiger partial charge in [-0.1, -0.05) is 42.5 Å². The van der Waals surface area contributed by atoms with Gasteiger partial charge in [-0.3, -0.25) is 10.1 Å². The van der Waals surface area contributed by atoms with Crippen LogP contribution in [0.3, 0.4) is 0 Å². The van der Waals surface area contributed by atoms with Gasteiger partial charge in [0.05, 0.1) is 13.5 Å². The van der Waals surface area contributed by atoms with E-state index in [1.165, 1.54) is 7.11 Å². The van der Waals surface area contributed by atoms with Crippen LogP contribution >= 0.6 is 0 Å². The number of hydrogen-bond acceptors (Lipinski definition) is 5. The third-order valence-corrected chi connectivity index (χ3v) is 3.72. The van der Waals surface area contributed by atoms with Crippen LogP contribution < -0.4 is 11.1 Å². The third kappa shape index (κ3) is 5.61. The molecule has 0 aliphatic heterocycles. The van der Waals surface area contributed by atoms with E-state index >= 15 is 0 Å². The SMILES string of the molecule is COC(=O)C[C@](C)(N)c1cccc(NC(=O)OCc2ccccc2)c1. The highest BCUT2D eigenvalue weighted by Crippen LogP contribution is 2.24. The first-order valence-corrected chi connectivity index (χ1v) is 7.84. The molecule has 6 nitrogen and oxygen atoms in total. The predicted octanol–water partition coefficient (Wildman–Crippen LogP) is 3.17. The molecule has 2 aromatic carbocycles. The largest absolute Gasteiger partial charge is 0.469 e. The molecule has 0 saturated carbocycles. The van der Waals surface area contributed by atoms with Crippen molar-refractivity contribution in [3.05, 3.63) is 65.7 Å². The molecule has 0 heterocycles. The highest BCUT2D eigenvalue weighted by molar-refractivity contribution is 5.84. The predicted molar refractivity (Wildman–Crippen MR) is 94.9 cm³/mol. The molecule has 3 N–H and O–H groups in total. The van der Waals surface area contributed by atoms with Crippen molar-refractivity contribution >= 4 is 17.7 Å². The average molecular weight is 342 g/mol. The molecule has 0 aliphatic rings. The van der Waals surface area contributed by atoms with E-state index in [0.29, 0.717) is 11.3 Å². The summed E-state index contributed by atoms with van der Waals surface area (Å²) in [6, 6.07) is 16.4. The second-order valence-electron chi connectivity index (χ2n) is 5.94. The lowest BCUT2D eigenvalue weighted by molar-refractivity contribution is -0.141. The number of anilines is 1. The van der Waals surface area contributed by atoms with Crippen LogP contribution in [0.15, 0.2) is 54.6 Å². The number of hydrogen-bond donors (Lipinski definition) is 2. The van der Waals surface area contributed by atoms with Crippen LogP contribution in [-0.2, 0) is 26.4 Å². The number of esters is 1. The van der Waals surface area contributed by atoms with Crippen molar-refractivity contribution in [1.29, 1.82) is 0 Å². The molecule has 0 aromatic heterocycles. The van der Waals surface area contributed by atoms with Gasteiger partial charge in [0.2, 0.25) is 0 Å². The van der Waals surface area contributed by atoms with Crippen LogP contribution in [-0.4, -0.2) is 19.2 Å². The number of carbonyl (C=O) groups excluding carboxylic acids is 2. The van der Waals surface area contributed by atoms with Gasteiger partial charge in [0.1, 0.15) is 6.61 Å². The Kier molecular flexibility index (Phi) is 6.14. The van der Waals surface area contributed by atoms with Crippen molar-refractivity contribution in [2.24, 2.45) is 5.73 Å². The minimum atomic E-state index is -0.904. The fraction of sp³-hybridized carbons (Fsp3) is 0.263. The van der Waals surface area contributed by atoms with Crippen LogP contribution in [0.2, 0.25) is 0 Å². The smallest absolute Gasteiger partial charge is 0.411 e. The number of nitrogens with one attached hydrogen (secondary N) is 1. The average Bonchev–Trinajstić information content (AvgIpc) is 2.60. The van der Waals surface area contributed by atoms with Crippen molar-refractivity contribution in [1.82, 2.24) is 0 Å². The zero-order valence-corrected chi connectivity index (χ0v) is 14.3. The van der Waals surface area contributed by atoms with Crippen molar-refractivity contribution in [2.45, 2.75) is 25.5 Å². The Labute approximate surface area is 146 Å². The Morgan fingerprint density at radius 3 is 2.52 bits per heavy atom. The van der Waals surface area contributed by atoms with Gasteiger partial charge in [-0.05, 0) is 30.2 Å². The normalized spacial score (nSPS) is 12.8. The molecule has 6 heteroatoms. The molecule has 2 rings (SSSR count). The molecule has 132 valence electrons. The molecule has 0 bridgehead atoms. The van der Waals surface area contributed by atoms with Crippen LogP contribution in [0.5, 0.6) is 0 Å². The van der Waals surface area contributed by atoms with Gasteiger partial charge in [-0.25, -0.2) is 4.79 Å². The van der Waals surface area contributed by atoms with Crippen LogP contribution in [0.1, 0.15) is 24.5 Å². The monoisotopic (exact) mass is 342 g/mol. The lowest BCUT2D eigenvalue weighted by Gasteiger charge is -2.24. The van der Waals surface area contributed by atoms with Crippen molar-refractivity contribution in [3.8, 4) is 0 Å². The highest BCUT2D eigenvalue weighted by Gasteiger charge is 2.25. The third-order valence-electron chi connectivity index (χ3n) is 3.72. The fourth-order valence-corrected chi connectivity index (χ4v) is 2.30. The molecule has 0 radical (unpaired) electrons. The van der Waals surface area contributed by atoms with Gasteiger partial charge in [-0.2, -0.15) is 0 Å². The first-order chi connectivity index (χ1) is 11.9. The first kappa shape index (κ1) is 18.5. The van der Waals surface area contributed by atoms with Crippen LogP contribution in [0.4, 0.5) is 10.5 Å². The number of methoxy groups -OCH3 is 1. The summed E-state index contributed by atoms with van der Waals surface area (Å²) < 4.78 is 9.85. The molecule has 1 atom stereocenters. The summed E-state index contributed by atoms with van der Waals surface area (Å²) in [5.74, 6) is -0.398. The lowest BCUT2D eigenvalue weighted by atomic mass is 9.89. The van der Waals surface area contributed by atoms with E-state index in [1.807, 2.05) is 30.3 Å². The van der Waals surface area contributed by atoms with Crippen molar-refractivity contribution < 1.29 is 19.1 Å². The molecule has 0 spiro atoms. The van der Waals surface area contributed by atoms with Gasteiger partial charge < -0.3 is 15.2 Å². The van der Waals surface area contributed by atoms with E-state index in [0.717, 1.165) is 5.56 Å². The van der Waals surface area contributed by atoms with E-state index in [2.05, 4.69) is 10.1 Å². The molecular formula is C19H22N2O4. The van der Waals surface area contributed by atoms with Gasteiger partial charge in [0.15, 0.2) is 0 Å². The Balaban J connectivity index is 1.98. The topological polar surface area (TPSA) is 90.6 Å². The van der Waals surface area contributed by atoms with E-state index in [9.17, 15) is 9.59 Å². The zero-order valence-electron chi connectivity index (χ0n) is 14.3. The van der Waals surface area contributed by atoms with E-state index in [4.69, 9.17) is 10.5 Å². The molecule has 0 unspecified atom stereocenters. The van der Waals surface area contributed by atoms with Crippen LogP contribution in [0, 0.1) is 0 Å². The van der Waals surface area contributed by atoms with Crippen molar-refractivity contribution in [3.63, 3.8) is 0 Å². The summed E-state index contributed by atoms with van der Waals surface area (Å²) in [6.45, 7) is 1.92. The maximum atomic E-state index is 11.9. The number of ether oxygens (including phenoxy) is 2. The number of carbonyl (C=O) groups is 2. The Bertz CT molecular complexity index is 729. The molecule has 0 saturated heterocycles. The van der Waals surface area contributed by atoms with Gasteiger partial charge in [0.25, 0.3) is 0 Å². The van der Waals surface area contributed by atoms with Crippen LogP contribution in [0.25, 0.3) is 0 Å². The summed E-state index contributed by atoms with van der Waals surface area (Å²) >= 11 is 0. The number of nitrogens with two attached hydrogens (primary N) is 1. The van der Waals surface area contributed by atoms with Gasteiger partial charge in [-0.15, -0.1) is 0 Å². The summed E-state index contributed by atoms with van der Waals surface area (Å²) in [6.07, 6.45) is -0.529. The second kappa shape index (κ2) is 8.30. The summed E-state index contributed by atoms with van der Waals surface area (Å²) in [5, 5.41) is 2.66. The Hall–Kier alpha value is -2.86. The molecular weight excluding hydrogens is 320 g/mol. The number of amides is 1. The van der Waals surface area contributed by atoms with Crippen molar-refractivity contribution in [2.75, 3.05) is 12.4 Å². The highest BCUT2D eigenvalue weighted by atomic mass is 16.5. The minimum absolute atomic E-state index is 0.0331. The standard InChI is InChI=1S/C19H22N2O4/c1-19(20,12-17(22)24-2)15-9-6-10-16(11-15)21-18(23)25-13-14-7-4-3-5-8-14/h3-11H,12-13,20H2,1-2H3,(H,21,23)/t19-/m0/s1. The van der Waals surface area contributed by atoms with E-state index in [1.54, 1.807) is 31.2 Å². The maximum absolute atomic E-state index is 11.9. The van der Waals surface area contributed by atoms with E-state index in [-0.39, 0.29) is 13.0 Å². The first-order valence-electron chi connectivity index (χ1n) is 7.84. The van der Waals surface area contributed by atoms with E-state index < -0.39 is 17.6 Å². The molecule has 0 fully saturated rings. The summed E-state index contributed by atoms with van der Waals surface area (Å²) in [7, 11) is 1.32. The maximum Gasteiger partial charge on any atom is 0.411 e.